The van der Waals surface area contributed by atoms with E-state index < -0.39 is 11.7 Å². The number of nitrogens with one attached hydrogen (secondary N) is 3. The van der Waals surface area contributed by atoms with Gasteiger partial charge in [0.1, 0.15) is 17.5 Å². The predicted molar refractivity (Wildman–Crippen MR) is 127 cm³/mol. The van der Waals surface area contributed by atoms with Gasteiger partial charge in [-0.2, -0.15) is 10.1 Å². The SMILES string of the molecule is C=CC(=O)Nc1ccc(F)c(Nc2nc(Nc3cnn(C)c3)ncc2-c2ccc(C)c(F)c2)c1. The van der Waals surface area contributed by atoms with Crippen molar-refractivity contribution in [1.82, 2.24) is 19.7 Å². The number of carbonyl (C=O) groups excluding carboxylic acids is 1. The predicted octanol–water partition coefficient (Wildman–Crippen LogP) is 5.08. The third-order valence-corrected chi connectivity index (χ3v) is 4.90. The van der Waals surface area contributed by atoms with Crippen molar-refractivity contribution in [2.45, 2.75) is 6.92 Å². The number of carbonyl (C=O) groups is 1. The molecule has 3 N–H and O–H groups in total. The lowest BCUT2D eigenvalue weighted by molar-refractivity contribution is -0.111. The third-order valence-electron chi connectivity index (χ3n) is 4.90. The van der Waals surface area contributed by atoms with Gasteiger partial charge < -0.3 is 16.0 Å². The van der Waals surface area contributed by atoms with Crippen LogP contribution in [0.1, 0.15) is 5.56 Å². The fourth-order valence-corrected chi connectivity index (χ4v) is 3.14. The Bertz CT molecular complexity index is 1380. The molecule has 0 saturated heterocycles. The summed E-state index contributed by atoms with van der Waals surface area (Å²) in [5, 5.41) is 12.7. The molecule has 10 heteroatoms. The highest BCUT2D eigenvalue weighted by Crippen LogP contribution is 2.32. The molecule has 0 bridgehead atoms. The number of amides is 1. The van der Waals surface area contributed by atoms with E-state index in [9.17, 15) is 13.6 Å². The molecule has 0 unspecified atom stereocenters. The second-order valence-corrected chi connectivity index (χ2v) is 7.46. The van der Waals surface area contributed by atoms with Crippen LogP contribution in [-0.2, 0) is 11.8 Å². The normalized spacial score (nSPS) is 10.6. The summed E-state index contributed by atoms with van der Waals surface area (Å²) in [4.78, 5) is 20.4. The quantitative estimate of drug-likeness (QED) is 0.332. The van der Waals surface area contributed by atoms with Crippen LogP contribution in [0.2, 0.25) is 0 Å². The molecule has 34 heavy (non-hydrogen) atoms. The van der Waals surface area contributed by atoms with E-state index in [2.05, 4.69) is 37.6 Å². The number of hydrogen-bond acceptors (Lipinski definition) is 6. The minimum atomic E-state index is -0.571. The number of aryl methyl sites for hydroxylation is 2. The lowest BCUT2D eigenvalue weighted by atomic mass is 10.1. The third kappa shape index (κ3) is 5.07. The molecule has 0 aliphatic heterocycles. The Labute approximate surface area is 194 Å². The molecule has 1 amide bonds. The standard InChI is InChI=1S/C24H21F2N7O/c1-4-22(34)29-16-7-8-19(25)21(10-16)31-23-18(15-6-5-14(2)20(26)9-15)12-27-24(32-23)30-17-11-28-33(3)13-17/h4-13H,1H2,2-3H3,(H,29,34)(H2,27,30,31,32). The van der Waals surface area contributed by atoms with Crippen molar-refractivity contribution in [2.75, 3.05) is 16.0 Å². The fraction of sp³-hybridized carbons (Fsp3) is 0.0833. The van der Waals surface area contributed by atoms with E-state index in [1.165, 1.54) is 30.5 Å². The van der Waals surface area contributed by atoms with Crippen molar-refractivity contribution >= 4 is 34.7 Å². The molecular weight excluding hydrogens is 440 g/mol. The highest BCUT2D eigenvalue weighted by molar-refractivity contribution is 5.99. The number of rotatable bonds is 7. The highest BCUT2D eigenvalue weighted by atomic mass is 19.1. The second kappa shape index (κ2) is 9.49. The molecule has 0 atom stereocenters. The van der Waals surface area contributed by atoms with E-state index in [-0.39, 0.29) is 23.3 Å². The molecule has 0 spiro atoms. The summed E-state index contributed by atoms with van der Waals surface area (Å²) in [6, 6.07) is 8.79. The maximum atomic E-state index is 14.7. The minimum absolute atomic E-state index is 0.0572. The topological polar surface area (TPSA) is 96.8 Å². The van der Waals surface area contributed by atoms with Crippen molar-refractivity contribution in [3.05, 3.63) is 84.8 Å². The van der Waals surface area contributed by atoms with Crippen LogP contribution in [0.5, 0.6) is 0 Å². The smallest absolute Gasteiger partial charge is 0.247 e. The first-order valence-electron chi connectivity index (χ1n) is 10.2. The van der Waals surface area contributed by atoms with Gasteiger partial charge in [-0.05, 0) is 48.4 Å². The molecule has 0 aliphatic carbocycles. The lowest BCUT2D eigenvalue weighted by Gasteiger charge is -2.15. The van der Waals surface area contributed by atoms with Crippen molar-refractivity contribution in [1.29, 1.82) is 0 Å². The number of nitrogens with zero attached hydrogens (tertiary/aromatic N) is 4. The van der Waals surface area contributed by atoms with E-state index in [0.29, 0.717) is 28.1 Å². The van der Waals surface area contributed by atoms with Gasteiger partial charge in [0.25, 0.3) is 0 Å². The van der Waals surface area contributed by atoms with Crippen LogP contribution in [-0.4, -0.2) is 25.7 Å². The zero-order valence-electron chi connectivity index (χ0n) is 18.4. The number of hydrogen-bond donors (Lipinski definition) is 3. The largest absolute Gasteiger partial charge is 0.337 e. The summed E-state index contributed by atoms with van der Waals surface area (Å²) in [5.74, 6) is -0.934. The Kier molecular flexibility index (Phi) is 6.30. The maximum absolute atomic E-state index is 14.7. The van der Waals surface area contributed by atoms with E-state index in [0.717, 1.165) is 6.08 Å². The van der Waals surface area contributed by atoms with E-state index in [1.54, 1.807) is 43.2 Å². The Hall–Kier alpha value is -4.60. The van der Waals surface area contributed by atoms with Crippen molar-refractivity contribution in [3.8, 4) is 11.1 Å². The minimum Gasteiger partial charge on any atom is -0.337 e. The molecule has 4 aromatic rings. The molecule has 0 saturated carbocycles. The molecule has 0 fully saturated rings. The Morgan fingerprint density at radius 2 is 1.88 bits per heavy atom. The molecule has 0 aliphatic rings. The fourth-order valence-electron chi connectivity index (χ4n) is 3.14. The molecule has 2 aromatic heterocycles. The lowest BCUT2D eigenvalue weighted by Crippen LogP contribution is -2.08. The number of halogens is 2. The maximum Gasteiger partial charge on any atom is 0.247 e. The van der Waals surface area contributed by atoms with Gasteiger partial charge in [0, 0.05) is 30.7 Å². The zero-order chi connectivity index (χ0) is 24.2. The molecular formula is C24H21F2N7O. The average molecular weight is 461 g/mol. The van der Waals surface area contributed by atoms with Gasteiger partial charge in [-0.25, -0.2) is 13.8 Å². The summed E-state index contributed by atoms with van der Waals surface area (Å²) in [6.45, 7) is 5.07. The van der Waals surface area contributed by atoms with E-state index in [4.69, 9.17) is 0 Å². The molecule has 2 aromatic carbocycles. The summed E-state index contributed by atoms with van der Waals surface area (Å²) in [5.41, 5.74) is 2.53. The molecule has 2 heterocycles. The second-order valence-electron chi connectivity index (χ2n) is 7.46. The van der Waals surface area contributed by atoms with Crippen LogP contribution >= 0.6 is 0 Å². The van der Waals surface area contributed by atoms with Crippen molar-refractivity contribution in [2.24, 2.45) is 7.05 Å². The Balaban J connectivity index is 1.75. The van der Waals surface area contributed by atoms with Gasteiger partial charge in [-0.15, -0.1) is 0 Å². The average Bonchev–Trinajstić information content (AvgIpc) is 3.22. The van der Waals surface area contributed by atoms with E-state index in [1.807, 2.05) is 0 Å². The van der Waals surface area contributed by atoms with Crippen LogP contribution in [0, 0.1) is 18.6 Å². The Morgan fingerprint density at radius 1 is 1.06 bits per heavy atom. The van der Waals surface area contributed by atoms with Crippen LogP contribution in [0.3, 0.4) is 0 Å². The number of aromatic nitrogens is 4. The molecule has 8 nitrogen and oxygen atoms in total. The first kappa shape index (κ1) is 22.6. The number of benzene rings is 2. The summed E-state index contributed by atoms with van der Waals surface area (Å²) >= 11 is 0. The molecule has 4 rings (SSSR count). The van der Waals surface area contributed by atoms with Gasteiger partial charge in [0.15, 0.2) is 0 Å². The van der Waals surface area contributed by atoms with Crippen molar-refractivity contribution in [3.63, 3.8) is 0 Å². The van der Waals surface area contributed by atoms with Gasteiger partial charge >= 0.3 is 0 Å². The van der Waals surface area contributed by atoms with Crippen LogP contribution in [0.4, 0.5) is 37.6 Å². The van der Waals surface area contributed by atoms with Gasteiger partial charge in [-0.3, -0.25) is 9.48 Å². The van der Waals surface area contributed by atoms with E-state index >= 15 is 0 Å². The van der Waals surface area contributed by atoms with Crippen LogP contribution in [0.25, 0.3) is 11.1 Å². The van der Waals surface area contributed by atoms with Crippen molar-refractivity contribution < 1.29 is 13.6 Å². The van der Waals surface area contributed by atoms with Crippen LogP contribution in [0.15, 0.2) is 67.6 Å². The molecule has 172 valence electrons. The summed E-state index contributed by atoms with van der Waals surface area (Å²) < 4.78 is 30.5. The van der Waals surface area contributed by atoms with Gasteiger partial charge in [-0.1, -0.05) is 18.7 Å². The van der Waals surface area contributed by atoms with Gasteiger partial charge in [0.05, 0.1) is 17.6 Å². The first-order valence-corrected chi connectivity index (χ1v) is 10.2. The molecule has 0 radical (unpaired) electrons. The van der Waals surface area contributed by atoms with Crippen LogP contribution < -0.4 is 16.0 Å². The monoisotopic (exact) mass is 461 g/mol. The summed E-state index contributed by atoms with van der Waals surface area (Å²) in [7, 11) is 1.77. The zero-order valence-corrected chi connectivity index (χ0v) is 18.4. The Morgan fingerprint density at radius 3 is 2.59 bits per heavy atom. The highest BCUT2D eigenvalue weighted by Gasteiger charge is 2.15. The summed E-state index contributed by atoms with van der Waals surface area (Å²) in [6.07, 6.45) is 5.97. The number of anilines is 5. The van der Waals surface area contributed by atoms with Gasteiger partial charge in [0.2, 0.25) is 11.9 Å². The first-order chi connectivity index (χ1) is 16.3.